The van der Waals surface area contributed by atoms with Gasteiger partial charge in [0.15, 0.2) is 5.58 Å². The Morgan fingerprint density at radius 2 is 1.97 bits per heavy atom. The van der Waals surface area contributed by atoms with Crippen molar-refractivity contribution in [3.63, 3.8) is 0 Å². The van der Waals surface area contributed by atoms with Crippen molar-refractivity contribution >= 4 is 51.6 Å². The summed E-state index contributed by atoms with van der Waals surface area (Å²) in [5, 5.41) is 7.06. The summed E-state index contributed by atoms with van der Waals surface area (Å²) < 4.78 is 5.98. The maximum atomic E-state index is 13.2. The van der Waals surface area contributed by atoms with E-state index in [-0.39, 0.29) is 5.91 Å². The van der Waals surface area contributed by atoms with Crippen molar-refractivity contribution in [2.45, 2.75) is 20.3 Å². The Balaban J connectivity index is 1.78. The second-order valence-corrected chi connectivity index (χ2v) is 7.61. The van der Waals surface area contributed by atoms with Gasteiger partial charge in [0, 0.05) is 35.8 Å². The molecule has 2 bridgehead atoms. The zero-order valence-electron chi connectivity index (χ0n) is 16.0. The monoisotopic (exact) mass is 427 g/mol. The van der Waals surface area contributed by atoms with Crippen LogP contribution in [0.15, 0.2) is 47.0 Å². The lowest BCUT2D eigenvalue weighted by molar-refractivity contribution is 0.102. The number of halogens is 2. The van der Waals surface area contributed by atoms with Crippen LogP contribution >= 0.6 is 23.2 Å². The Morgan fingerprint density at radius 1 is 1.14 bits per heavy atom. The van der Waals surface area contributed by atoms with E-state index in [1.807, 2.05) is 25.1 Å². The number of fused-ring (bicyclic) bond motifs is 2. The number of anilines is 2. The van der Waals surface area contributed by atoms with Crippen molar-refractivity contribution in [2.24, 2.45) is 0 Å². The van der Waals surface area contributed by atoms with Gasteiger partial charge < -0.3 is 15.1 Å². The Hall–Kier alpha value is -2.76. The topological polar surface area (TPSA) is 67.2 Å². The first-order chi connectivity index (χ1) is 14.0. The number of furan rings is 2. The SMILES string of the molecule is CCCNc1cc2oc1c(-c1ccnc(C)c1)c2C(=O)Nc1ccc(Cl)c(Cl)c1. The number of carbonyl (C=O) groups is 1. The van der Waals surface area contributed by atoms with Crippen LogP contribution < -0.4 is 10.6 Å². The van der Waals surface area contributed by atoms with E-state index in [2.05, 4.69) is 22.5 Å². The first-order valence-electron chi connectivity index (χ1n) is 9.30. The van der Waals surface area contributed by atoms with Crippen LogP contribution in [0.4, 0.5) is 11.4 Å². The second kappa shape index (κ2) is 7.93. The summed E-state index contributed by atoms with van der Waals surface area (Å²) in [5.41, 5.74) is 5.62. The number of aryl methyl sites for hydroxylation is 1. The normalized spacial score (nSPS) is 11.2. The second-order valence-electron chi connectivity index (χ2n) is 6.80. The van der Waals surface area contributed by atoms with Crippen LogP contribution in [0.3, 0.4) is 0 Å². The Kier molecular flexibility index (Phi) is 5.35. The molecule has 0 unspecified atom stereocenters. The van der Waals surface area contributed by atoms with Gasteiger partial charge in [0.25, 0.3) is 5.91 Å². The molecule has 7 heteroatoms. The van der Waals surface area contributed by atoms with E-state index in [9.17, 15) is 4.79 Å². The number of nitrogens with zero attached hydrogens (tertiary/aromatic N) is 1. The Bertz CT molecular complexity index is 1190. The van der Waals surface area contributed by atoms with Gasteiger partial charge in [-0.2, -0.15) is 0 Å². The number of carbonyl (C=O) groups excluding carboxylic acids is 1. The van der Waals surface area contributed by atoms with Crippen molar-refractivity contribution in [2.75, 3.05) is 17.2 Å². The fraction of sp³-hybridized carbons (Fsp3) is 0.182. The van der Waals surface area contributed by atoms with Gasteiger partial charge >= 0.3 is 0 Å². The largest absolute Gasteiger partial charge is 0.454 e. The number of benzene rings is 2. The number of amides is 1. The van der Waals surface area contributed by atoms with E-state index in [0.717, 1.165) is 35.5 Å². The molecule has 0 radical (unpaired) electrons. The number of rotatable bonds is 6. The highest BCUT2D eigenvalue weighted by molar-refractivity contribution is 6.42. The van der Waals surface area contributed by atoms with Gasteiger partial charge in [0.05, 0.1) is 21.3 Å². The first kappa shape index (κ1) is 19.6. The number of pyridine rings is 1. The average Bonchev–Trinajstić information content (AvgIpc) is 3.27. The molecule has 1 aromatic carbocycles. The van der Waals surface area contributed by atoms with Crippen molar-refractivity contribution in [3.05, 3.63) is 63.9 Å². The maximum absolute atomic E-state index is 13.2. The van der Waals surface area contributed by atoms with Gasteiger partial charge in [-0.15, -0.1) is 0 Å². The number of nitrogens with one attached hydrogen (secondary N) is 2. The summed E-state index contributed by atoms with van der Waals surface area (Å²) in [6, 6.07) is 10.7. The van der Waals surface area contributed by atoms with E-state index in [4.69, 9.17) is 27.6 Å². The van der Waals surface area contributed by atoms with E-state index in [1.165, 1.54) is 0 Å². The summed E-state index contributed by atoms with van der Waals surface area (Å²) >= 11 is 12.0. The number of aromatic nitrogens is 1. The molecule has 4 aromatic rings. The maximum Gasteiger partial charge on any atom is 0.260 e. The van der Waals surface area contributed by atoms with Gasteiger partial charge in [-0.1, -0.05) is 30.1 Å². The van der Waals surface area contributed by atoms with Crippen LogP contribution in [0.5, 0.6) is 0 Å². The van der Waals surface area contributed by atoms with Crippen LogP contribution in [0.1, 0.15) is 29.4 Å². The molecule has 4 rings (SSSR count). The molecule has 3 aromatic heterocycles. The highest BCUT2D eigenvalue weighted by atomic mass is 35.5. The van der Waals surface area contributed by atoms with Crippen molar-refractivity contribution in [3.8, 4) is 11.1 Å². The predicted molar refractivity (Wildman–Crippen MR) is 119 cm³/mol. The third kappa shape index (κ3) is 3.76. The molecule has 0 aliphatic rings. The zero-order valence-corrected chi connectivity index (χ0v) is 17.5. The summed E-state index contributed by atoms with van der Waals surface area (Å²) in [4.78, 5) is 17.4. The average molecular weight is 428 g/mol. The molecular weight excluding hydrogens is 409 g/mol. The fourth-order valence-corrected chi connectivity index (χ4v) is 3.60. The first-order valence-corrected chi connectivity index (χ1v) is 10.1. The Morgan fingerprint density at radius 3 is 2.69 bits per heavy atom. The molecule has 5 nitrogen and oxygen atoms in total. The van der Waals surface area contributed by atoms with E-state index in [1.54, 1.807) is 24.4 Å². The van der Waals surface area contributed by atoms with Crippen LogP contribution in [-0.2, 0) is 0 Å². The molecule has 0 saturated carbocycles. The van der Waals surface area contributed by atoms with E-state index in [0.29, 0.717) is 32.5 Å². The van der Waals surface area contributed by atoms with Crippen LogP contribution in [0.25, 0.3) is 22.3 Å². The minimum absolute atomic E-state index is 0.274. The third-order valence-corrected chi connectivity index (χ3v) is 5.35. The summed E-state index contributed by atoms with van der Waals surface area (Å²) in [6.45, 7) is 4.83. The van der Waals surface area contributed by atoms with Crippen LogP contribution in [0, 0.1) is 6.92 Å². The zero-order chi connectivity index (χ0) is 20.5. The molecule has 2 N–H and O–H groups in total. The van der Waals surface area contributed by atoms with Crippen molar-refractivity contribution < 1.29 is 9.21 Å². The molecule has 0 spiro atoms. The third-order valence-electron chi connectivity index (χ3n) is 4.61. The minimum atomic E-state index is -0.274. The lowest BCUT2D eigenvalue weighted by atomic mass is 9.98. The predicted octanol–water partition coefficient (Wildman–Crippen LogP) is 6.62. The van der Waals surface area contributed by atoms with Crippen molar-refractivity contribution in [1.82, 2.24) is 4.98 Å². The molecule has 0 fully saturated rings. The van der Waals surface area contributed by atoms with Gasteiger partial charge in [-0.05, 0) is 49.2 Å². The molecule has 0 aliphatic carbocycles. The molecule has 3 heterocycles. The van der Waals surface area contributed by atoms with Gasteiger partial charge in [0.2, 0.25) is 0 Å². The number of hydrogen-bond donors (Lipinski definition) is 2. The molecular formula is C22H19Cl2N3O2. The minimum Gasteiger partial charge on any atom is -0.454 e. The van der Waals surface area contributed by atoms with Gasteiger partial charge in [-0.25, -0.2) is 0 Å². The van der Waals surface area contributed by atoms with E-state index >= 15 is 0 Å². The van der Waals surface area contributed by atoms with Crippen molar-refractivity contribution in [1.29, 1.82) is 0 Å². The fourth-order valence-electron chi connectivity index (χ4n) is 3.30. The van der Waals surface area contributed by atoms with E-state index < -0.39 is 0 Å². The summed E-state index contributed by atoms with van der Waals surface area (Å²) in [6.07, 6.45) is 2.71. The van der Waals surface area contributed by atoms with Crippen LogP contribution in [0.2, 0.25) is 10.0 Å². The number of hydrogen-bond acceptors (Lipinski definition) is 4. The summed E-state index contributed by atoms with van der Waals surface area (Å²) in [5.74, 6) is -0.274. The lowest BCUT2D eigenvalue weighted by Gasteiger charge is -2.11. The molecule has 0 aliphatic heterocycles. The molecule has 1 amide bonds. The van der Waals surface area contributed by atoms with Gasteiger partial charge in [-0.3, -0.25) is 9.78 Å². The molecule has 0 atom stereocenters. The van der Waals surface area contributed by atoms with Gasteiger partial charge in [0.1, 0.15) is 5.58 Å². The quantitative estimate of drug-likeness (QED) is 0.362. The standard InChI is InChI=1S/C22H19Cl2N3O2/c1-3-7-26-17-11-18-20(22(28)27-14-4-5-15(23)16(24)10-14)19(21(17)29-18)13-6-8-25-12(2)9-13/h4-6,8-11,26H,3,7H2,1-2H3,(H,27,28). The molecule has 148 valence electrons. The molecule has 0 saturated heterocycles. The van der Waals surface area contributed by atoms with Crippen LogP contribution in [-0.4, -0.2) is 17.4 Å². The Labute approximate surface area is 178 Å². The highest BCUT2D eigenvalue weighted by Gasteiger charge is 2.27. The summed E-state index contributed by atoms with van der Waals surface area (Å²) in [7, 11) is 0. The highest BCUT2D eigenvalue weighted by Crippen LogP contribution is 2.42. The smallest absolute Gasteiger partial charge is 0.260 e. The molecule has 29 heavy (non-hydrogen) atoms. The lowest BCUT2D eigenvalue weighted by Crippen LogP contribution is -2.13.